The highest BCUT2D eigenvalue weighted by molar-refractivity contribution is 5.84. The van der Waals surface area contributed by atoms with E-state index in [4.69, 9.17) is 0 Å². The van der Waals surface area contributed by atoms with Gasteiger partial charge >= 0.3 is 0 Å². The first-order chi connectivity index (χ1) is 12.2. The van der Waals surface area contributed by atoms with Crippen LogP contribution in [-0.4, -0.2) is 55.6 Å². The van der Waals surface area contributed by atoms with Crippen LogP contribution in [0.1, 0.15) is 39.5 Å². The highest BCUT2D eigenvalue weighted by Gasteiger charge is 2.20. The number of carbonyl (C=O) groups is 1. The van der Waals surface area contributed by atoms with E-state index in [0.717, 1.165) is 51.3 Å². The Morgan fingerprint density at radius 1 is 1.12 bits per heavy atom. The molecule has 1 atom stereocenters. The first kappa shape index (κ1) is 18.1. The molecule has 1 saturated carbocycles. The first-order valence-corrected chi connectivity index (χ1v) is 9.80. The third-order valence-corrected chi connectivity index (χ3v) is 5.53. The van der Waals surface area contributed by atoms with Crippen molar-refractivity contribution in [2.24, 2.45) is 0 Å². The molecule has 0 unspecified atom stereocenters. The maximum absolute atomic E-state index is 12.3. The van der Waals surface area contributed by atoms with Gasteiger partial charge in [0.25, 0.3) is 0 Å². The second-order valence-electron chi connectivity index (χ2n) is 7.32. The Morgan fingerprint density at radius 2 is 1.76 bits per heavy atom. The molecule has 0 bridgehead atoms. The highest BCUT2D eigenvalue weighted by Crippen LogP contribution is 2.21. The van der Waals surface area contributed by atoms with Gasteiger partial charge in [0, 0.05) is 43.6 Å². The molecular formula is C20H32N4O. The zero-order valence-electron chi connectivity index (χ0n) is 15.6. The lowest BCUT2D eigenvalue weighted by Gasteiger charge is -2.35. The van der Waals surface area contributed by atoms with Gasteiger partial charge in [-0.1, -0.05) is 19.8 Å². The summed E-state index contributed by atoms with van der Waals surface area (Å²) in [6.45, 7) is 9.73. The minimum atomic E-state index is -0.209. The highest BCUT2D eigenvalue weighted by atomic mass is 16.2. The van der Waals surface area contributed by atoms with E-state index < -0.39 is 0 Å². The summed E-state index contributed by atoms with van der Waals surface area (Å²) in [7, 11) is 0. The number of benzene rings is 1. The summed E-state index contributed by atoms with van der Waals surface area (Å²) in [5.74, 6) is 0.103. The van der Waals surface area contributed by atoms with Crippen molar-refractivity contribution < 1.29 is 4.79 Å². The second kappa shape index (κ2) is 8.56. The largest absolute Gasteiger partial charge is 0.374 e. The molecule has 0 spiro atoms. The Labute approximate surface area is 151 Å². The molecule has 2 N–H and O–H groups in total. The predicted molar refractivity (Wildman–Crippen MR) is 104 cm³/mol. The lowest BCUT2D eigenvalue weighted by atomic mass is 10.2. The molecule has 25 heavy (non-hydrogen) atoms. The number of carbonyl (C=O) groups excluding carboxylic acids is 1. The molecule has 5 nitrogen and oxygen atoms in total. The summed E-state index contributed by atoms with van der Waals surface area (Å²) < 4.78 is 0. The minimum absolute atomic E-state index is 0.103. The maximum atomic E-state index is 12.3. The van der Waals surface area contributed by atoms with Crippen molar-refractivity contribution in [1.82, 2.24) is 10.2 Å². The summed E-state index contributed by atoms with van der Waals surface area (Å²) in [6, 6.07) is 8.65. The zero-order valence-corrected chi connectivity index (χ0v) is 15.6. The van der Waals surface area contributed by atoms with Gasteiger partial charge in [-0.3, -0.25) is 4.79 Å². The van der Waals surface area contributed by atoms with Gasteiger partial charge in [-0.05, 0) is 50.6 Å². The molecule has 1 heterocycles. The van der Waals surface area contributed by atoms with E-state index in [2.05, 4.69) is 51.6 Å². The quantitative estimate of drug-likeness (QED) is 0.833. The van der Waals surface area contributed by atoms with E-state index in [1.165, 1.54) is 18.5 Å². The van der Waals surface area contributed by atoms with Crippen LogP contribution in [0.15, 0.2) is 24.3 Å². The number of nitrogens with zero attached hydrogens (tertiary/aromatic N) is 2. The Morgan fingerprint density at radius 3 is 2.36 bits per heavy atom. The van der Waals surface area contributed by atoms with Crippen LogP contribution in [0.4, 0.5) is 11.4 Å². The van der Waals surface area contributed by atoms with Crippen molar-refractivity contribution >= 4 is 17.3 Å². The number of rotatable bonds is 6. The molecule has 0 radical (unpaired) electrons. The van der Waals surface area contributed by atoms with E-state index in [1.54, 1.807) is 0 Å². The van der Waals surface area contributed by atoms with Crippen LogP contribution in [-0.2, 0) is 4.79 Å². The number of amides is 1. The fourth-order valence-corrected chi connectivity index (χ4v) is 3.80. The average molecular weight is 345 g/mol. The molecule has 1 aromatic rings. The SMILES string of the molecule is CCN1CCN(c2ccc(N[C@@H](C)C(=O)NC3CCCC3)cc2)CC1. The number of hydrogen-bond donors (Lipinski definition) is 2. The van der Waals surface area contributed by atoms with Gasteiger partial charge in [0.1, 0.15) is 6.04 Å². The minimum Gasteiger partial charge on any atom is -0.374 e. The molecule has 2 aliphatic rings. The summed E-state index contributed by atoms with van der Waals surface area (Å²) in [4.78, 5) is 17.2. The number of nitrogens with one attached hydrogen (secondary N) is 2. The summed E-state index contributed by atoms with van der Waals surface area (Å²) in [5, 5.41) is 6.48. The van der Waals surface area contributed by atoms with Crippen LogP contribution in [0.5, 0.6) is 0 Å². The second-order valence-corrected chi connectivity index (χ2v) is 7.32. The average Bonchev–Trinajstić information content (AvgIpc) is 3.15. The lowest BCUT2D eigenvalue weighted by molar-refractivity contribution is -0.122. The van der Waals surface area contributed by atoms with Crippen molar-refractivity contribution in [1.29, 1.82) is 0 Å². The molecule has 1 aliphatic heterocycles. The van der Waals surface area contributed by atoms with Gasteiger partial charge in [0.2, 0.25) is 5.91 Å². The van der Waals surface area contributed by atoms with Gasteiger partial charge < -0.3 is 20.4 Å². The topological polar surface area (TPSA) is 47.6 Å². The van der Waals surface area contributed by atoms with E-state index in [1.807, 2.05) is 6.92 Å². The molecule has 1 aromatic carbocycles. The summed E-state index contributed by atoms with van der Waals surface area (Å²) in [5.41, 5.74) is 2.27. The van der Waals surface area contributed by atoms with E-state index in [9.17, 15) is 4.79 Å². The molecule has 0 aromatic heterocycles. The van der Waals surface area contributed by atoms with Crippen LogP contribution in [0.25, 0.3) is 0 Å². The van der Waals surface area contributed by atoms with Gasteiger partial charge in [-0.25, -0.2) is 0 Å². The van der Waals surface area contributed by atoms with Crippen molar-refractivity contribution in [3.8, 4) is 0 Å². The zero-order chi connectivity index (χ0) is 17.6. The fourth-order valence-electron chi connectivity index (χ4n) is 3.80. The van der Waals surface area contributed by atoms with Crippen LogP contribution in [0.2, 0.25) is 0 Å². The van der Waals surface area contributed by atoms with Crippen molar-refractivity contribution in [2.45, 2.75) is 51.6 Å². The van der Waals surface area contributed by atoms with Crippen LogP contribution in [0.3, 0.4) is 0 Å². The lowest BCUT2D eigenvalue weighted by Crippen LogP contribution is -2.46. The smallest absolute Gasteiger partial charge is 0.242 e. The predicted octanol–water partition coefficient (Wildman–Crippen LogP) is 2.69. The Kier molecular flexibility index (Phi) is 6.19. The Balaban J connectivity index is 1.49. The van der Waals surface area contributed by atoms with Crippen molar-refractivity contribution in [3.63, 3.8) is 0 Å². The molecule has 5 heteroatoms. The van der Waals surface area contributed by atoms with Crippen LogP contribution >= 0.6 is 0 Å². The van der Waals surface area contributed by atoms with Crippen molar-refractivity contribution in [2.75, 3.05) is 42.9 Å². The molecule has 2 fully saturated rings. The number of hydrogen-bond acceptors (Lipinski definition) is 4. The maximum Gasteiger partial charge on any atom is 0.242 e. The van der Waals surface area contributed by atoms with Gasteiger partial charge in [0.05, 0.1) is 0 Å². The third-order valence-electron chi connectivity index (χ3n) is 5.53. The van der Waals surface area contributed by atoms with Gasteiger partial charge in [-0.15, -0.1) is 0 Å². The molecule has 138 valence electrons. The first-order valence-electron chi connectivity index (χ1n) is 9.80. The molecule has 1 aliphatic carbocycles. The van der Waals surface area contributed by atoms with Crippen LogP contribution < -0.4 is 15.5 Å². The normalized spacial score (nSPS) is 20.5. The summed E-state index contributed by atoms with van der Waals surface area (Å²) >= 11 is 0. The summed E-state index contributed by atoms with van der Waals surface area (Å²) in [6.07, 6.45) is 4.72. The number of anilines is 2. The molecule has 1 saturated heterocycles. The Bertz CT molecular complexity index is 545. The van der Waals surface area contributed by atoms with Crippen molar-refractivity contribution in [3.05, 3.63) is 24.3 Å². The van der Waals surface area contributed by atoms with Gasteiger partial charge in [0.15, 0.2) is 0 Å². The van der Waals surface area contributed by atoms with Gasteiger partial charge in [-0.2, -0.15) is 0 Å². The molecule has 1 amide bonds. The Hall–Kier alpha value is -1.75. The fraction of sp³-hybridized carbons (Fsp3) is 0.650. The molecule has 3 rings (SSSR count). The monoisotopic (exact) mass is 344 g/mol. The van der Waals surface area contributed by atoms with E-state index in [-0.39, 0.29) is 11.9 Å². The molecular weight excluding hydrogens is 312 g/mol. The van der Waals surface area contributed by atoms with Crippen LogP contribution in [0, 0.1) is 0 Å². The third kappa shape index (κ3) is 4.88. The van der Waals surface area contributed by atoms with E-state index in [0.29, 0.717) is 6.04 Å². The number of piperazine rings is 1. The van der Waals surface area contributed by atoms with E-state index >= 15 is 0 Å². The number of likely N-dealkylation sites (N-methyl/N-ethyl adjacent to an activating group) is 1. The standard InChI is InChI=1S/C20H32N4O/c1-3-23-12-14-24(15-13-23)19-10-8-18(9-11-19)21-16(2)20(25)22-17-6-4-5-7-17/h8-11,16-17,21H,3-7,12-15H2,1-2H3,(H,22,25)/t16-/m0/s1.